The topological polar surface area (TPSA) is 93.1 Å². The molecule has 0 unspecified atom stereocenters. The van der Waals surface area contributed by atoms with E-state index in [0.29, 0.717) is 13.2 Å². The second-order valence-corrected chi connectivity index (χ2v) is 3.32. The van der Waals surface area contributed by atoms with Gasteiger partial charge in [-0.2, -0.15) is 0 Å². The average molecular weight is 254 g/mol. The number of hydrogen-bond acceptors (Lipinski definition) is 4. The van der Waals surface area contributed by atoms with Crippen molar-refractivity contribution in [3.63, 3.8) is 0 Å². The zero-order valence-corrected chi connectivity index (χ0v) is 10.1. The van der Waals surface area contributed by atoms with E-state index in [1.165, 1.54) is 12.1 Å². The first-order valence-electron chi connectivity index (χ1n) is 5.41. The van der Waals surface area contributed by atoms with Gasteiger partial charge in [0.15, 0.2) is 11.5 Å². The van der Waals surface area contributed by atoms with E-state index in [4.69, 9.17) is 19.7 Å². The van der Waals surface area contributed by atoms with Crippen LogP contribution in [0.15, 0.2) is 12.1 Å². The fourth-order valence-corrected chi connectivity index (χ4v) is 1.45. The number of ether oxygens (including phenoxy) is 2. The summed E-state index contributed by atoms with van der Waals surface area (Å²) in [6.45, 7) is 4.12. The van der Waals surface area contributed by atoms with E-state index in [1.807, 2.05) is 0 Å². The minimum atomic E-state index is -1.32. The Morgan fingerprint density at radius 1 is 0.944 bits per heavy atom. The van der Waals surface area contributed by atoms with E-state index in [-0.39, 0.29) is 22.6 Å². The zero-order chi connectivity index (χ0) is 13.7. The molecule has 1 aromatic carbocycles. The van der Waals surface area contributed by atoms with Gasteiger partial charge in [0, 0.05) is 0 Å². The Bertz CT molecular complexity index is 423. The van der Waals surface area contributed by atoms with Gasteiger partial charge in [0.25, 0.3) is 0 Å². The van der Waals surface area contributed by atoms with Crippen LogP contribution in [0.2, 0.25) is 0 Å². The fourth-order valence-electron chi connectivity index (χ4n) is 1.45. The summed E-state index contributed by atoms with van der Waals surface area (Å²) in [6.07, 6.45) is 0. The summed E-state index contributed by atoms with van der Waals surface area (Å²) in [5, 5.41) is 17.9. The maximum absolute atomic E-state index is 11.0. The van der Waals surface area contributed by atoms with Gasteiger partial charge in [0.1, 0.15) is 0 Å². The van der Waals surface area contributed by atoms with Gasteiger partial charge in [-0.15, -0.1) is 0 Å². The molecule has 0 atom stereocenters. The van der Waals surface area contributed by atoms with Crippen molar-refractivity contribution in [1.82, 2.24) is 0 Å². The van der Waals surface area contributed by atoms with Crippen LogP contribution in [0.25, 0.3) is 0 Å². The van der Waals surface area contributed by atoms with Crippen LogP contribution in [-0.4, -0.2) is 35.4 Å². The molecule has 1 rings (SSSR count). The number of hydrogen-bond donors (Lipinski definition) is 2. The molecule has 2 N–H and O–H groups in total. The molecule has 0 spiro atoms. The standard InChI is InChI=1S/C12H14O6/c1-3-17-9-5-7(11(13)14)8(12(15)16)6-10(9)18-4-2/h5-6H,3-4H2,1-2H3,(H,13,14)(H,15,16). The molecule has 1 aromatic rings. The number of carbonyl (C=O) groups is 2. The highest BCUT2D eigenvalue weighted by Crippen LogP contribution is 2.31. The average Bonchev–Trinajstić information content (AvgIpc) is 2.30. The Morgan fingerprint density at radius 2 is 1.28 bits per heavy atom. The highest BCUT2D eigenvalue weighted by atomic mass is 16.5. The van der Waals surface area contributed by atoms with E-state index in [2.05, 4.69) is 0 Å². The van der Waals surface area contributed by atoms with Crippen LogP contribution in [0.5, 0.6) is 11.5 Å². The van der Waals surface area contributed by atoms with Crippen LogP contribution in [0.1, 0.15) is 34.6 Å². The third kappa shape index (κ3) is 2.91. The lowest BCUT2D eigenvalue weighted by atomic mass is 10.1. The SMILES string of the molecule is CCOc1cc(C(=O)O)c(C(=O)O)cc1OCC. The van der Waals surface area contributed by atoms with Crippen molar-refractivity contribution < 1.29 is 29.3 Å². The van der Waals surface area contributed by atoms with Crippen molar-refractivity contribution in [3.05, 3.63) is 23.3 Å². The molecular formula is C12H14O6. The normalized spacial score (nSPS) is 9.89. The largest absolute Gasteiger partial charge is 0.490 e. The summed E-state index contributed by atoms with van der Waals surface area (Å²) < 4.78 is 10.5. The van der Waals surface area contributed by atoms with Crippen LogP contribution in [-0.2, 0) is 0 Å². The first kappa shape index (κ1) is 13.8. The van der Waals surface area contributed by atoms with E-state index < -0.39 is 11.9 Å². The number of aromatic carboxylic acids is 2. The van der Waals surface area contributed by atoms with E-state index >= 15 is 0 Å². The van der Waals surface area contributed by atoms with Crippen LogP contribution < -0.4 is 9.47 Å². The van der Waals surface area contributed by atoms with Crippen LogP contribution >= 0.6 is 0 Å². The molecule has 0 saturated heterocycles. The van der Waals surface area contributed by atoms with Crippen LogP contribution in [0.4, 0.5) is 0 Å². The first-order valence-corrected chi connectivity index (χ1v) is 5.41. The Hall–Kier alpha value is -2.24. The summed E-state index contributed by atoms with van der Waals surface area (Å²) in [5.74, 6) is -2.20. The third-order valence-corrected chi connectivity index (χ3v) is 2.14. The lowest BCUT2D eigenvalue weighted by molar-refractivity contribution is 0.0650. The highest BCUT2D eigenvalue weighted by molar-refractivity contribution is 6.02. The molecule has 0 bridgehead atoms. The Morgan fingerprint density at radius 3 is 1.50 bits per heavy atom. The minimum Gasteiger partial charge on any atom is -0.490 e. The lowest BCUT2D eigenvalue weighted by Gasteiger charge is -2.13. The van der Waals surface area contributed by atoms with Crippen molar-refractivity contribution >= 4 is 11.9 Å². The molecule has 6 nitrogen and oxygen atoms in total. The smallest absolute Gasteiger partial charge is 0.336 e. The van der Waals surface area contributed by atoms with Gasteiger partial charge in [0.05, 0.1) is 24.3 Å². The molecule has 0 aliphatic carbocycles. The quantitative estimate of drug-likeness (QED) is 0.805. The number of carboxylic acid groups (broad SMARTS) is 2. The fraction of sp³-hybridized carbons (Fsp3) is 0.333. The summed E-state index contributed by atoms with van der Waals surface area (Å²) in [4.78, 5) is 22.0. The van der Waals surface area contributed by atoms with Crippen molar-refractivity contribution in [3.8, 4) is 11.5 Å². The first-order chi connectivity index (χ1) is 8.51. The molecule has 0 heterocycles. The molecule has 0 aromatic heterocycles. The summed E-state index contributed by atoms with van der Waals surface area (Å²) in [6, 6.07) is 2.33. The second kappa shape index (κ2) is 5.90. The number of carboxylic acids is 2. The van der Waals surface area contributed by atoms with Gasteiger partial charge < -0.3 is 19.7 Å². The molecule has 98 valence electrons. The van der Waals surface area contributed by atoms with E-state index in [1.54, 1.807) is 13.8 Å². The van der Waals surface area contributed by atoms with Gasteiger partial charge in [-0.3, -0.25) is 0 Å². The molecule has 0 radical (unpaired) electrons. The van der Waals surface area contributed by atoms with Gasteiger partial charge in [-0.1, -0.05) is 0 Å². The van der Waals surface area contributed by atoms with Gasteiger partial charge >= 0.3 is 11.9 Å². The molecule has 18 heavy (non-hydrogen) atoms. The van der Waals surface area contributed by atoms with Crippen molar-refractivity contribution in [2.75, 3.05) is 13.2 Å². The third-order valence-electron chi connectivity index (χ3n) is 2.14. The van der Waals surface area contributed by atoms with E-state index in [9.17, 15) is 9.59 Å². The van der Waals surface area contributed by atoms with Crippen molar-refractivity contribution in [2.45, 2.75) is 13.8 Å². The maximum Gasteiger partial charge on any atom is 0.336 e. The highest BCUT2D eigenvalue weighted by Gasteiger charge is 2.20. The lowest BCUT2D eigenvalue weighted by Crippen LogP contribution is -2.10. The van der Waals surface area contributed by atoms with E-state index in [0.717, 1.165) is 0 Å². The maximum atomic E-state index is 11.0. The van der Waals surface area contributed by atoms with Crippen molar-refractivity contribution in [1.29, 1.82) is 0 Å². The summed E-state index contributed by atoms with van der Waals surface area (Å²) in [5.41, 5.74) is -0.649. The molecule has 0 aliphatic rings. The molecule has 0 saturated carbocycles. The second-order valence-electron chi connectivity index (χ2n) is 3.32. The Labute approximate surface area is 104 Å². The monoisotopic (exact) mass is 254 g/mol. The van der Waals surface area contributed by atoms with Crippen molar-refractivity contribution in [2.24, 2.45) is 0 Å². The predicted octanol–water partition coefficient (Wildman–Crippen LogP) is 1.88. The Balaban J connectivity index is 3.39. The summed E-state index contributed by atoms with van der Waals surface area (Å²) in [7, 11) is 0. The van der Waals surface area contributed by atoms with Gasteiger partial charge in [-0.25, -0.2) is 9.59 Å². The zero-order valence-electron chi connectivity index (χ0n) is 10.1. The molecule has 6 heteroatoms. The minimum absolute atomic E-state index is 0.224. The van der Waals surface area contributed by atoms with Gasteiger partial charge in [-0.05, 0) is 26.0 Å². The van der Waals surface area contributed by atoms with Crippen LogP contribution in [0, 0.1) is 0 Å². The predicted molar refractivity (Wildman–Crippen MR) is 62.7 cm³/mol. The number of rotatable bonds is 6. The molecule has 0 fully saturated rings. The molecule has 0 amide bonds. The van der Waals surface area contributed by atoms with Crippen LogP contribution in [0.3, 0.4) is 0 Å². The molecular weight excluding hydrogens is 240 g/mol. The van der Waals surface area contributed by atoms with Gasteiger partial charge in [0.2, 0.25) is 0 Å². The summed E-state index contributed by atoms with van der Waals surface area (Å²) >= 11 is 0. The molecule has 0 aliphatic heterocycles. The number of benzene rings is 1. The Kier molecular flexibility index (Phi) is 4.53.